The Morgan fingerprint density at radius 1 is 1.40 bits per heavy atom. The Morgan fingerprint density at radius 3 is 2.53 bits per heavy atom. The molecule has 0 aliphatic heterocycles. The van der Waals surface area contributed by atoms with E-state index in [1.54, 1.807) is 4.68 Å². The van der Waals surface area contributed by atoms with Gasteiger partial charge in [-0.25, -0.2) is 0 Å². The number of aryl methyl sites for hydroxylation is 2. The molecule has 5 heteroatoms. The van der Waals surface area contributed by atoms with E-state index < -0.39 is 0 Å². The summed E-state index contributed by atoms with van der Waals surface area (Å²) in [6.07, 6.45) is 1.93. The van der Waals surface area contributed by atoms with Gasteiger partial charge in [-0.3, -0.25) is 9.48 Å². The maximum absolute atomic E-state index is 10.7. The molecule has 1 aromatic rings. The van der Waals surface area contributed by atoms with Crippen LogP contribution < -0.4 is 11.5 Å². The van der Waals surface area contributed by atoms with Gasteiger partial charge in [0.1, 0.15) is 0 Å². The molecule has 1 aromatic heterocycles. The molecule has 1 amide bonds. The molecule has 0 bridgehead atoms. The summed E-state index contributed by atoms with van der Waals surface area (Å²) in [5, 5.41) is 4.35. The molecule has 4 N–H and O–H groups in total. The molecular weight excluding hydrogens is 192 g/mol. The van der Waals surface area contributed by atoms with Crippen molar-refractivity contribution in [3.05, 3.63) is 11.4 Å². The number of rotatable bonds is 5. The van der Waals surface area contributed by atoms with E-state index in [1.807, 2.05) is 13.8 Å². The molecule has 0 unspecified atom stereocenters. The minimum atomic E-state index is -0.316. The first-order valence-electron chi connectivity index (χ1n) is 5.22. The summed E-state index contributed by atoms with van der Waals surface area (Å²) in [4.78, 5) is 10.7. The van der Waals surface area contributed by atoms with Crippen LogP contribution in [0.5, 0.6) is 0 Å². The van der Waals surface area contributed by atoms with Crippen LogP contribution in [0.25, 0.3) is 0 Å². The van der Waals surface area contributed by atoms with Gasteiger partial charge in [0.15, 0.2) is 0 Å². The third-order valence-electron chi connectivity index (χ3n) is 2.41. The molecule has 0 saturated carbocycles. The van der Waals surface area contributed by atoms with Crippen LogP contribution in [0.2, 0.25) is 0 Å². The average Bonchev–Trinajstić information content (AvgIpc) is 2.51. The fraction of sp³-hybridized carbons (Fsp3) is 0.600. The standard InChI is InChI=1S/C10H18N4O/c1-3-7-10(12)8(4-2)14(13-7)6-5-9(11)15/h3-6,12H2,1-2H3,(H2,11,15). The summed E-state index contributed by atoms with van der Waals surface area (Å²) in [5.41, 5.74) is 13.7. The molecule has 1 heterocycles. The molecule has 5 nitrogen and oxygen atoms in total. The van der Waals surface area contributed by atoms with Crippen molar-refractivity contribution in [2.75, 3.05) is 5.73 Å². The van der Waals surface area contributed by atoms with Crippen molar-refractivity contribution in [1.82, 2.24) is 9.78 Å². The van der Waals surface area contributed by atoms with Crippen molar-refractivity contribution in [2.45, 2.75) is 39.7 Å². The summed E-state index contributed by atoms with van der Waals surface area (Å²) in [6, 6.07) is 0. The number of aromatic nitrogens is 2. The fourth-order valence-corrected chi connectivity index (χ4v) is 1.60. The van der Waals surface area contributed by atoms with Crippen LogP contribution in [0.3, 0.4) is 0 Å². The van der Waals surface area contributed by atoms with Gasteiger partial charge in [-0.1, -0.05) is 13.8 Å². The minimum Gasteiger partial charge on any atom is -0.396 e. The first kappa shape index (κ1) is 11.6. The van der Waals surface area contributed by atoms with E-state index in [0.29, 0.717) is 13.0 Å². The Kier molecular flexibility index (Phi) is 3.71. The lowest BCUT2D eigenvalue weighted by atomic mass is 10.2. The van der Waals surface area contributed by atoms with Gasteiger partial charge in [0.05, 0.1) is 23.6 Å². The molecule has 0 fully saturated rings. The zero-order chi connectivity index (χ0) is 11.4. The summed E-state index contributed by atoms with van der Waals surface area (Å²) in [6.45, 7) is 4.55. The van der Waals surface area contributed by atoms with Gasteiger partial charge in [-0.2, -0.15) is 5.10 Å². The van der Waals surface area contributed by atoms with E-state index >= 15 is 0 Å². The van der Waals surface area contributed by atoms with Crippen LogP contribution in [0.15, 0.2) is 0 Å². The van der Waals surface area contributed by atoms with E-state index in [9.17, 15) is 4.79 Å². The van der Waals surface area contributed by atoms with Gasteiger partial charge in [-0.15, -0.1) is 0 Å². The van der Waals surface area contributed by atoms with Crippen molar-refractivity contribution in [2.24, 2.45) is 5.73 Å². The van der Waals surface area contributed by atoms with E-state index in [4.69, 9.17) is 11.5 Å². The number of nitrogens with two attached hydrogens (primary N) is 2. The Morgan fingerprint density at radius 2 is 2.07 bits per heavy atom. The lowest BCUT2D eigenvalue weighted by Crippen LogP contribution is -2.15. The number of carbonyl (C=O) groups excluding carboxylic acids is 1. The number of carbonyl (C=O) groups is 1. The molecule has 0 aliphatic rings. The topological polar surface area (TPSA) is 86.9 Å². The molecule has 0 radical (unpaired) electrons. The van der Waals surface area contributed by atoms with Crippen molar-refractivity contribution in [3.8, 4) is 0 Å². The fourth-order valence-electron chi connectivity index (χ4n) is 1.60. The van der Waals surface area contributed by atoms with Gasteiger partial charge in [0.2, 0.25) is 5.91 Å². The number of hydrogen-bond acceptors (Lipinski definition) is 3. The average molecular weight is 210 g/mol. The Hall–Kier alpha value is -1.52. The highest BCUT2D eigenvalue weighted by molar-refractivity contribution is 5.73. The molecule has 15 heavy (non-hydrogen) atoms. The third kappa shape index (κ3) is 2.49. The zero-order valence-electron chi connectivity index (χ0n) is 9.29. The third-order valence-corrected chi connectivity index (χ3v) is 2.41. The summed E-state index contributed by atoms with van der Waals surface area (Å²) >= 11 is 0. The molecular formula is C10H18N4O. The maximum Gasteiger partial charge on any atom is 0.219 e. The Labute approximate surface area is 89.4 Å². The second-order valence-corrected chi connectivity index (χ2v) is 3.45. The first-order valence-corrected chi connectivity index (χ1v) is 5.22. The van der Waals surface area contributed by atoms with Crippen LogP contribution in [-0.2, 0) is 24.2 Å². The second kappa shape index (κ2) is 4.82. The summed E-state index contributed by atoms with van der Waals surface area (Å²) in [5.74, 6) is -0.316. The van der Waals surface area contributed by atoms with Crippen LogP contribution >= 0.6 is 0 Å². The number of amides is 1. The van der Waals surface area contributed by atoms with Gasteiger partial charge in [-0.05, 0) is 12.8 Å². The van der Waals surface area contributed by atoms with Crippen LogP contribution in [0.4, 0.5) is 5.69 Å². The van der Waals surface area contributed by atoms with Crippen molar-refractivity contribution >= 4 is 11.6 Å². The lowest BCUT2D eigenvalue weighted by molar-refractivity contribution is -0.118. The zero-order valence-corrected chi connectivity index (χ0v) is 9.29. The SMILES string of the molecule is CCc1nn(CCC(N)=O)c(CC)c1N. The van der Waals surface area contributed by atoms with E-state index in [1.165, 1.54) is 0 Å². The largest absolute Gasteiger partial charge is 0.396 e. The highest BCUT2D eigenvalue weighted by Gasteiger charge is 2.12. The molecule has 84 valence electrons. The predicted molar refractivity (Wildman–Crippen MR) is 59.2 cm³/mol. The number of nitrogens with zero attached hydrogens (tertiary/aromatic N) is 2. The van der Waals surface area contributed by atoms with Crippen molar-refractivity contribution in [3.63, 3.8) is 0 Å². The highest BCUT2D eigenvalue weighted by Crippen LogP contribution is 2.18. The second-order valence-electron chi connectivity index (χ2n) is 3.45. The molecule has 0 spiro atoms. The van der Waals surface area contributed by atoms with E-state index in [-0.39, 0.29) is 5.91 Å². The quantitative estimate of drug-likeness (QED) is 0.740. The minimum absolute atomic E-state index is 0.303. The van der Waals surface area contributed by atoms with Crippen LogP contribution in [-0.4, -0.2) is 15.7 Å². The summed E-state index contributed by atoms with van der Waals surface area (Å²) in [7, 11) is 0. The predicted octanol–water partition coefficient (Wildman–Crippen LogP) is 0.466. The molecule has 0 aromatic carbocycles. The van der Waals surface area contributed by atoms with Crippen LogP contribution in [0.1, 0.15) is 31.7 Å². The van der Waals surface area contributed by atoms with E-state index in [0.717, 1.165) is 29.9 Å². The molecule has 0 atom stereocenters. The Balaban J connectivity index is 2.90. The first-order chi connectivity index (χ1) is 7.10. The molecule has 1 rings (SSSR count). The maximum atomic E-state index is 10.7. The Bertz CT molecular complexity index is 357. The number of anilines is 1. The van der Waals surface area contributed by atoms with Crippen molar-refractivity contribution in [1.29, 1.82) is 0 Å². The number of hydrogen-bond donors (Lipinski definition) is 2. The van der Waals surface area contributed by atoms with Crippen molar-refractivity contribution < 1.29 is 4.79 Å². The molecule has 0 saturated heterocycles. The lowest BCUT2D eigenvalue weighted by Gasteiger charge is -2.04. The van der Waals surface area contributed by atoms with Crippen LogP contribution in [0, 0.1) is 0 Å². The smallest absolute Gasteiger partial charge is 0.219 e. The van der Waals surface area contributed by atoms with Gasteiger partial charge >= 0.3 is 0 Å². The van der Waals surface area contributed by atoms with Gasteiger partial charge in [0.25, 0.3) is 0 Å². The normalized spacial score (nSPS) is 10.5. The summed E-state index contributed by atoms with van der Waals surface area (Å²) < 4.78 is 1.79. The molecule has 0 aliphatic carbocycles. The van der Waals surface area contributed by atoms with Gasteiger partial charge < -0.3 is 11.5 Å². The van der Waals surface area contributed by atoms with E-state index in [2.05, 4.69) is 5.10 Å². The number of primary amides is 1. The van der Waals surface area contributed by atoms with Gasteiger partial charge in [0, 0.05) is 6.42 Å². The number of nitrogen functional groups attached to an aromatic ring is 1. The monoisotopic (exact) mass is 210 g/mol. The highest BCUT2D eigenvalue weighted by atomic mass is 16.1.